The third kappa shape index (κ3) is 4.41. The molecule has 0 aromatic heterocycles. The maximum Gasteiger partial charge on any atom is 0.0607 e. The molecule has 0 amide bonds. The summed E-state index contributed by atoms with van der Waals surface area (Å²) in [7, 11) is 0. The van der Waals surface area contributed by atoms with Gasteiger partial charge in [-0.25, -0.2) is 0 Å². The van der Waals surface area contributed by atoms with E-state index in [1.165, 1.54) is 5.56 Å². The number of hydrogen-bond donors (Lipinski definition) is 2. The number of hydrogen-bond acceptors (Lipinski definition) is 2. The zero-order valence-electron chi connectivity index (χ0n) is 11.0. The number of benzene rings is 1. The van der Waals surface area contributed by atoms with E-state index in [1.807, 2.05) is 19.9 Å². The number of nitrogens with one attached hydrogen (secondary N) is 1. The molecule has 0 saturated carbocycles. The van der Waals surface area contributed by atoms with E-state index in [-0.39, 0.29) is 17.6 Å². The monoisotopic (exact) mass is 299 g/mol. The second-order valence-electron chi connectivity index (χ2n) is 5.79. The molecule has 0 atom stereocenters. The summed E-state index contributed by atoms with van der Waals surface area (Å²) in [4.78, 5) is 0. The zero-order chi connectivity index (χ0) is 13.1. The summed E-state index contributed by atoms with van der Waals surface area (Å²) in [5, 5.41) is 12.6. The van der Waals surface area contributed by atoms with E-state index in [4.69, 9.17) is 0 Å². The Morgan fingerprint density at radius 3 is 2.41 bits per heavy atom. The fourth-order valence-electron chi connectivity index (χ4n) is 1.53. The van der Waals surface area contributed by atoms with Crippen LogP contribution in [-0.2, 0) is 5.41 Å². The lowest BCUT2D eigenvalue weighted by Crippen LogP contribution is -2.48. The van der Waals surface area contributed by atoms with Crippen LogP contribution in [0.5, 0.6) is 0 Å². The van der Waals surface area contributed by atoms with Gasteiger partial charge in [0.2, 0.25) is 0 Å². The largest absolute Gasteiger partial charge is 0.394 e. The van der Waals surface area contributed by atoms with Crippen molar-refractivity contribution in [3.05, 3.63) is 34.3 Å². The lowest BCUT2D eigenvalue weighted by Gasteiger charge is -2.32. The highest BCUT2D eigenvalue weighted by atomic mass is 79.9. The van der Waals surface area contributed by atoms with Gasteiger partial charge in [0.15, 0.2) is 0 Å². The SMILES string of the molecule is CC(C)(CO)NCC(C)(C)c1cccc(Br)c1. The van der Waals surface area contributed by atoms with Gasteiger partial charge in [-0.1, -0.05) is 41.9 Å². The van der Waals surface area contributed by atoms with E-state index in [1.54, 1.807) is 0 Å². The van der Waals surface area contributed by atoms with Crippen LogP contribution in [0, 0.1) is 0 Å². The van der Waals surface area contributed by atoms with Crippen molar-refractivity contribution in [3.63, 3.8) is 0 Å². The van der Waals surface area contributed by atoms with Crippen molar-refractivity contribution >= 4 is 15.9 Å². The molecule has 0 bridgehead atoms. The number of halogens is 1. The molecule has 2 nitrogen and oxygen atoms in total. The highest BCUT2D eigenvalue weighted by Gasteiger charge is 2.24. The summed E-state index contributed by atoms with van der Waals surface area (Å²) in [5.74, 6) is 0. The Labute approximate surface area is 113 Å². The molecule has 1 aromatic rings. The molecule has 0 fully saturated rings. The number of aliphatic hydroxyl groups excluding tert-OH is 1. The fourth-order valence-corrected chi connectivity index (χ4v) is 1.93. The molecule has 0 aliphatic heterocycles. The van der Waals surface area contributed by atoms with Gasteiger partial charge in [0.25, 0.3) is 0 Å². The van der Waals surface area contributed by atoms with Gasteiger partial charge in [-0.3, -0.25) is 0 Å². The maximum atomic E-state index is 9.24. The molecule has 0 radical (unpaired) electrons. The lowest BCUT2D eigenvalue weighted by molar-refractivity contribution is 0.181. The van der Waals surface area contributed by atoms with Gasteiger partial charge in [-0.2, -0.15) is 0 Å². The number of aliphatic hydroxyl groups is 1. The molecule has 1 rings (SSSR count). The highest BCUT2D eigenvalue weighted by molar-refractivity contribution is 9.10. The van der Waals surface area contributed by atoms with Crippen molar-refractivity contribution in [2.75, 3.05) is 13.2 Å². The van der Waals surface area contributed by atoms with Crippen LogP contribution in [0.2, 0.25) is 0 Å². The first-order valence-electron chi connectivity index (χ1n) is 5.89. The van der Waals surface area contributed by atoms with Crippen molar-refractivity contribution in [2.45, 2.75) is 38.6 Å². The number of rotatable bonds is 5. The van der Waals surface area contributed by atoms with Crippen LogP contribution in [0.25, 0.3) is 0 Å². The average Bonchev–Trinajstić information content (AvgIpc) is 2.27. The molecule has 0 heterocycles. The van der Waals surface area contributed by atoms with Crippen molar-refractivity contribution in [1.82, 2.24) is 5.32 Å². The Bertz CT molecular complexity index is 374. The summed E-state index contributed by atoms with van der Waals surface area (Å²) in [6.07, 6.45) is 0. The van der Waals surface area contributed by atoms with Crippen molar-refractivity contribution < 1.29 is 5.11 Å². The molecular formula is C14H22BrNO. The van der Waals surface area contributed by atoms with Crippen molar-refractivity contribution in [3.8, 4) is 0 Å². The maximum absolute atomic E-state index is 9.24. The standard InChI is InChI=1S/C14H22BrNO/c1-13(2,9-16-14(3,4)10-17)11-6-5-7-12(15)8-11/h5-8,16-17H,9-10H2,1-4H3. The van der Waals surface area contributed by atoms with Gasteiger partial charge < -0.3 is 10.4 Å². The predicted molar refractivity (Wildman–Crippen MR) is 76.3 cm³/mol. The van der Waals surface area contributed by atoms with Crippen LogP contribution in [0.1, 0.15) is 33.3 Å². The first kappa shape index (κ1) is 14.7. The van der Waals surface area contributed by atoms with Gasteiger partial charge in [0, 0.05) is 22.0 Å². The Hall–Kier alpha value is -0.380. The van der Waals surface area contributed by atoms with E-state index < -0.39 is 0 Å². The van der Waals surface area contributed by atoms with Crippen LogP contribution in [0.3, 0.4) is 0 Å². The quantitative estimate of drug-likeness (QED) is 0.876. The van der Waals surface area contributed by atoms with Crippen LogP contribution < -0.4 is 5.32 Å². The van der Waals surface area contributed by atoms with Gasteiger partial charge in [0.05, 0.1) is 6.61 Å². The summed E-state index contributed by atoms with van der Waals surface area (Å²) in [6, 6.07) is 8.37. The minimum atomic E-state index is -0.233. The lowest BCUT2D eigenvalue weighted by atomic mass is 9.84. The van der Waals surface area contributed by atoms with E-state index in [2.05, 4.69) is 53.3 Å². The smallest absolute Gasteiger partial charge is 0.0607 e. The van der Waals surface area contributed by atoms with Gasteiger partial charge in [0.1, 0.15) is 0 Å². The molecule has 3 heteroatoms. The molecule has 0 aliphatic rings. The van der Waals surface area contributed by atoms with E-state index in [9.17, 15) is 5.11 Å². The Balaban J connectivity index is 2.75. The molecule has 0 spiro atoms. The Kier molecular flexibility index (Phi) is 4.76. The molecule has 0 aliphatic carbocycles. The summed E-state index contributed by atoms with van der Waals surface area (Å²) in [5.41, 5.74) is 1.09. The second-order valence-corrected chi connectivity index (χ2v) is 6.71. The molecule has 0 saturated heterocycles. The van der Waals surface area contributed by atoms with Crippen molar-refractivity contribution in [2.24, 2.45) is 0 Å². The van der Waals surface area contributed by atoms with Gasteiger partial charge in [-0.15, -0.1) is 0 Å². The zero-order valence-corrected chi connectivity index (χ0v) is 12.6. The minimum absolute atomic E-state index is 0.0379. The van der Waals surface area contributed by atoms with E-state index >= 15 is 0 Å². The third-order valence-corrected chi connectivity index (χ3v) is 3.50. The first-order valence-corrected chi connectivity index (χ1v) is 6.68. The van der Waals surface area contributed by atoms with Crippen molar-refractivity contribution in [1.29, 1.82) is 0 Å². The van der Waals surface area contributed by atoms with E-state index in [0.717, 1.165) is 11.0 Å². The molecule has 17 heavy (non-hydrogen) atoms. The van der Waals surface area contributed by atoms with Crippen LogP contribution in [0.4, 0.5) is 0 Å². The Morgan fingerprint density at radius 2 is 1.88 bits per heavy atom. The normalized spacial score (nSPS) is 12.8. The van der Waals surface area contributed by atoms with Gasteiger partial charge in [-0.05, 0) is 31.5 Å². The molecule has 2 N–H and O–H groups in total. The van der Waals surface area contributed by atoms with Crippen LogP contribution >= 0.6 is 15.9 Å². The van der Waals surface area contributed by atoms with Crippen LogP contribution in [0.15, 0.2) is 28.7 Å². The predicted octanol–water partition coefficient (Wildman–Crippen LogP) is 3.09. The fraction of sp³-hybridized carbons (Fsp3) is 0.571. The summed E-state index contributed by atoms with van der Waals surface area (Å²) >= 11 is 3.50. The first-order chi connectivity index (χ1) is 7.77. The topological polar surface area (TPSA) is 32.3 Å². The van der Waals surface area contributed by atoms with Gasteiger partial charge >= 0.3 is 0 Å². The second kappa shape index (κ2) is 5.51. The minimum Gasteiger partial charge on any atom is -0.394 e. The Morgan fingerprint density at radius 1 is 1.24 bits per heavy atom. The van der Waals surface area contributed by atoms with E-state index in [0.29, 0.717) is 0 Å². The molecule has 1 aromatic carbocycles. The molecular weight excluding hydrogens is 278 g/mol. The third-order valence-electron chi connectivity index (χ3n) is 3.01. The summed E-state index contributed by atoms with van der Waals surface area (Å²) < 4.78 is 1.10. The molecule has 96 valence electrons. The summed E-state index contributed by atoms with van der Waals surface area (Å²) in [6.45, 7) is 9.39. The van der Waals surface area contributed by atoms with Crippen LogP contribution in [-0.4, -0.2) is 23.8 Å². The average molecular weight is 300 g/mol. The highest BCUT2D eigenvalue weighted by Crippen LogP contribution is 2.25. The molecule has 0 unspecified atom stereocenters.